The Morgan fingerprint density at radius 1 is 1.09 bits per heavy atom. The summed E-state index contributed by atoms with van der Waals surface area (Å²) in [5.74, 6) is 0.597. The highest BCUT2D eigenvalue weighted by molar-refractivity contribution is 7.84. The molecule has 1 N–H and O–H groups in total. The molecule has 22 heavy (non-hydrogen) atoms. The van der Waals surface area contributed by atoms with E-state index < -0.39 is 10.8 Å². The molecule has 0 bridgehead atoms. The molecule has 1 aromatic heterocycles. The van der Waals surface area contributed by atoms with Gasteiger partial charge in [-0.15, -0.1) is 0 Å². The van der Waals surface area contributed by atoms with Gasteiger partial charge in [-0.3, -0.25) is 4.21 Å². The summed E-state index contributed by atoms with van der Waals surface area (Å²) in [7, 11) is -0.857. The largest absolute Gasteiger partial charge is 0.464 e. The minimum absolute atomic E-state index is 0.0701. The van der Waals surface area contributed by atoms with Gasteiger partial charge in [0.1, 0.15) is 5.58 Å². The number of hydrogen-bond donors (Lipinski definition) is 1. The summed E-state index contributed by atoms with van der Waals surface area (Å²) in [6.45, 7) is 0.688. The molecule has 1 heterocycles. The van der Waals surface area contributed by atoms with Crippen molar-refractivity contribution in [3.63, 3.8) is 0 Å². The number of fused-ring (bicyclic) bond motifs is 1. The van der Waals surface area contributed by atoms with Gasteiger partial charge in [-0.25, -0.2) is 0 Å². The van der Waals surface area contributed by atoms with Crippen LogP contribution in [0.4, 0.5) is 0 Å². The van der Waals surface area contributed by atoms with Crippen LogP contribution in [0, 0.1) is 0 Å². The average molecular weight is 313 g/mol. The van der Waals surface area contributed by atoms with Crippen LogP contribution in [-0.4, -0.2) is 16.2 Å². The van der Waals surface area contributed by atoms with Crippen molar-refractivity contribution < 1.29 is 8.63 Å². The number of rotatable bonds is 6. The summed E-state index contributed by atoms with van der Waals surface area (Å²) >= 11 is 0. The highest BCUT2D eigenvalue weighted by atomic mass is 32.2. The Hall–Kier alpha value is -1.91. The standard InChI is InChI=1S/C18H19NO2S/c1-22(20)13-17(14-7-3-2-4-8-14)19-11-15-12-21-18-10-6-5-9-16(15)18/h2-10,12,17,19H,11,13H2,1H3/t17-,22-/m0/s1. The second-order valence-corrected chi connectivity index (χ2v) is 6.82. The molecule has 0 saturated heterocycles. The minimum Gasteiger partial charge on any atom is -0.464 e. The fourth-order valence-electron chi connectivity index (χ4n) is 2.60. The third-order valence-electron chi connectivity index (χ3n) is 3.70. The topological polar surface area (TPSA) is 42.2 Å². The normalized spacial score (nSPS) is 14.0. The summed E-state index contributed by atoms with van der Waals surface area (Å²) < 4.78 is 17.2. The Labute approximate surface area is 132 Å². The molecule has 0 aliphatic carbocycles. The molecule has 0 saturated carbocycles. The van der Waals surface area contributed by atoms with Gasteiger partial charge in [0.05, 0.1) is 6.26 Å². The number of furan rings is 1. The fourth-order valence-corrected chi connectivity index (χ4v) is 3.38. The van der Waals surface area contributed by atoms with E-state index in [2.05, 4.69) is 23.5 Å². The maximum absolute atomic E-state index is 11.7. The molecule has 4 heteroatoms. The Balaban J connectivity index is 1.78. The van der Waals surface area contributed by atoms with E-state index in [4.69, 9.17) is 4.42 Å². The van der Waals surface area contributed by atoms with Crippen molar-refractivity contribution >= 4 is 21.8 Å². The quantitative estimate of drug-likeness (QED) is 0.755. The lowest BCUT2D eigenvalue weighted by Crippen LogP contribution is -2.25. The van der Waals surface area contributed by atoms with Gasteiger partial charge in [0.25, 0.3) is 0 Å². The molecule has 3 nitrogen and oxygen atoms in total. The molecule has 3 aromatic rings. The van der Waals surface area contributed by atoms with Crippen molar-refractivity contribution in [3.8, 4) is 0 Å². The van der Waals surface area contributed by atoms with Gasteiger partial charge in [0, 0.05) is 46.3 Å². The van der Waals surface area contributed by atoms with Crippen LogP contribution >= 0.6 is 0 Å². The predicted molar refractivity (Wildman–Crippen MR) is 91.2 cm³/mol. The summed E-state index contributed by atoms with van der Waals surface area (Å²) in [5.41, 5.74) is 3.18. The molecule has 0 amide bonds. The van der Waals surface area contributed by atoms with E-state index in [-0.39, 0.29) is 6.04 Å². The van der Waals surface area contributed by atoms with Crippen LogP contribution in [0.15, 0.2) is 65.3 Å². The summed E-state index contributed by atoms with van der Waals surface area (Å²) in [5, 5.41) is 4.63. The second kappa shape index (κ2) is 6.90. The first-order valence-corrected chi connectivity index (χ1v) is 9.00. The first-order chi connectivity index (χ1) is 10.7. The molecular weight excluding hydrogens is 294 g/mol. The van der Waals surface area contributed by atoms with Gasteiger partial charge < -0.3 is 9.73 Å². The zero-order valence-electron chi connectivity index (χ0n) is 12.5. The van der Waals surface area contributed by atoms with E-state index in [9.17, 15) is 4.21 Å². The van der Waals surface area contributed by atoms with E-state index in [1.807, 2.05) is 36.4 Å². The van der Waals surface area contributed by atoms with Gasteiger partial charge in [-0.2, -0.15) is 0 Å². The lowest BCUT2D eigenvalue weighted by Gasteiger charge is -2.18. The first kappa shape index (κ1) is 15.0. The first-order valence-electron chi connectivity index (χ1n) is 7.27. The van der Waals surface area contributed by atoms with Crippen molar-refractivity contribution in [1.82, 2.24) is 5.32 Å². The number of nitrogens with one attached hydrogen (secondary N) is 1. The smallest absolute Gasteiger partial charge is 0.134 e. The highest BCUT2D eigenvalue weighted by Crippen LogP contribution is 2.22. The van der Waals surface area contributed by atoms with Crippen molar-refractivity contribution in [1.29, 1.82) is 0 Å². The molecule has 0 unspecified atom stereocenters. The zero-order valence-corrected chi connectivity index (χ0v) is 13.3. The molecule has 3 rings (SSSR count). The van der Waals surface area contributed by atoms with E-state index in [0.29, 0.717) is 12.3 Å². The number of para-hydroxylation sites is 1. The lowest BCUT2D eigenvalue weighted by molar-refractivity contribution is 0.562. The zero-order chi connectivity index (χ0) is 15.4. The Morgan fingerprint density at radius 3 is 2.59 bits per heavy atom. The van der Waals surface area contributed by atoms with E-state index in [1.165, 1.54) is 0 Å². The number of hydrogen-bond acceptors (Lipinski definition) is 3. The van der Waals surface area contributed by atoms with Crippen molar-refractivity contribution in [2.75, 3.05) is 12.0 Å². The Bertz CT molecular complexity index is 767. The molecule has 0 radical (unpaired) electrons. The number of benzene rings is 2. The van der Waals surface area contributed by atoms with Crippen LogP contribution in [0.1, 0.15) is 17.2 Å². The van der Waals surface area contributed by atoms with E-state index in [1.54, 1.807) is 12.5 Å². The third-order valence-corrected chi connectivity index (χ3v) is 4.51. The molecule has 0 aliphatic rings. The van der Waals surface area contributed by atoms with E-state index >= 15 is 0 Å². The Morgan fingerprint density at radius 2 is 1.82 bits per heavy atom. The van der Waals surface area contributed by atoms with Gasteiger partial charge in [-0.05, 0) is 11.6 Å². The van der Waals surface area contributed by atoms with Crippen molar-refractivity contribution in [2.45, 2.75) is 12.6 Å². The maximum Gasteiger partial charge on any atom is 0.134 e. The van der Waals surface area contributed by atoms with Crippen LogP contribution in [0.3, 0.4) is 0 Å². The van der Waals surface area contributed by atoms with Crippen LogP contribution in [0.25, 0.3) is 11.0 Å². The summed E-state index contributed by atoms with van der Waals surface area (Å²) in [6.07, 6.45) is 3.54. The lowest BCUT2D eigenvalue weighted by atomic mass is 10.1. The monoisotopic (exact) mass is 313 g/mol. The molecule has 0 aliphatic heterocycles. The summed E-state index contributed by atoms with van der Waals surface area (Å²) in [6, 6.07) is 18.2. The molecule has 114 valence electrons. The van der Waals surface area contributed by atoms with Gasteiger partial charge in [0.15, 0.2) is 0 Å². The maximum atomic E-state index is 11.7. The van der Waals surface area contributed by atoms with Gasteiger partial charge in [-0.1, -0.05) is 48.5 Å². The Kier molecular flexibility index (Phi) is 4.71. The molecule has 2 aromatic carbocycles. The van der Waals surface area contributed by atoms with Crippen LogP contribution < -0.4 is 5.32 Å². The van der Waals surface area contributed by atoms with Gasteiger partial charge in [0.2, 0.25) is 0 Å². The van der Waals surface area contributed by atoms with Crippen LogP contribution in [-0.2, 0) is 17.3 Å². The third kappa shape index (κ3) is 3.46. The summed E-state index contributed by atoms with van der Waals surface area (Å²) in [4.78, 5) is 0. The van der Waals surface area contributed by atoms with Crippen LogP contribution in [0.5, 0.6) is 0 Å². The second-order valence-electron chi connectivity index (χ2n) is 5.34. The van der Waals surface area contributed by atoms with Crippen molar-refractivity contribution in [3.05, 3.63) is 72.0 Å². The SMILES string of the molecule is C[S@](=O)C[C@H](NCc1coc2ccccc12)c1ccccc1. The van der Waals surface area contributed by atoms with E-state index in [0.717, 1.165) is 22.1 Å². The molecular formula is C18H19NO2S. The van der Waals surface area contributed by atoms with Gasteiger partial charge >= 0.3 is 0 Å². The van der Waals surface area contributed by atoms with Crippen LogP contribution in [0.2, 0.25) is 0 Å². The molecule has 0 fully saturated rings. The highest BCUT2D eigenvalue weighted by Gasteiger charge is 2.14. The average Bonchev–Trinajstić information content (AvgIpc) is 2.95. The molecule has 2 atom stereocenters. The molecule has 0 spiro atoms. The fraction of sp³-hybridized carbons (Fsp3) is 0.222. The minimum atomic E-state index is -0.857. The van der Waals surface area contributed by atoms with Crippen molar-refractivity contribution in [2.24, 2.45) is 0 Å². The predicted octanol–water partition coefficient (Wildman–Crippen LogP) is 3.64.